The van der Waals surface area contributed by atoms with Crippen LogP contribution in [0.4, 0.5) is 0 Å². The van der Waals surface area contributed by atoms with E-state index in [0.717, 1.165) is 11.4 Å². The molecule has 0 N–H and O–H groups in total. The SMILES string of the molecule is c1ccc(-c2cccc(-c3ccc4c5ccccc5n(-c5ccccc5)c4c3)c2-n2c3ccccc3c3c4c5ccccc5n(-c5ccccc5)c4ccc32)cc1. The van der Waals surface area contributed by atoms with Gasteiger partial charge in [0.1, 0.15) is 0 Å². The van der Waals surface area contributed by atoms with Crippen molar-refractivity contribution in [3.05, 3.63) is 212 Å². The molecule has 3 heterocycles. The highest BCUT2D eigenvalue weighted by molar-refractivity contribution is 6.29. The number of aromatic nitrogens is 3. The Hall–Kier alpha value is -7.62. The van der Waals surface area contributed by atoms with E-state index in [1.807, 2.05) is 0 Å². The maximum absolute atomic E-state index is 2.54. The topological polar surface area (TPSA) is 14.8 Å². The summed E-state index contributed by atoms with van der Waals surface area (Å²) in [7, 11) is 0. The van der Waals surface area contributed by atoms with E-state index >= 15 is 0 Å². The Labute approximate surface area is 329 Å². The minimum absolute atomic E-state index is 1.15. The summed E-state index contributed by atoms with van der Waals surface area (Å²) in [4.78, 5) is 0. The fourth-order valence-corrected chi connectivity index (χ4v) is 9.48. The van der Waals surface area contributed by atoms with Crippen molar-refractivity contribution in [2.45, 2.75) is 0 Å². The fourth-order valence-electron chi connectivity index (χ4n) is 9.48. The van der Waals surface area contributed by atoms with Gasteiger partial charge in [-0.15, -0.1) is 0 Å². The van der Waals surface area contributed by atoms with E-state index in [4.69, 9.17) is 0 Å². The summed E-state index contributed by atoms with van der Waals surface area (Å²) in [6.07, 6.45) is 0. The first-order valence-corrected chi connectivity index (χ1v) is 19.6. The van der Waals surface area contributed by atoms with Gasteiger partial charge >= 0.3 is 0 Å². The lowest BCUT2D eigenvalue weighted by atomic mass is 9.94. The van der Waals surface area contributed by atoms with Crippen LogP contribution in [0.2, 0.25) is 0 Å². The maximum Gasteiger partial charge on any atom is 0.0618 e. The van der Waals surface area contributed by atoms with Gasteiger partial charge in [0.05, 0.1) is 38.8 Å². The van der Waals surface area contributed by atoms with Gasteiger partial charge in [-0.25, -0.2) is 0 Å². The largest absolute Gasteiger partial charge is 0.309 e. The van der Waals surface area contributed by atoms with Crippen molar-refractivity contribution in [1.29, 1.82) is 0 Å². The van der Waals surface area contributed by atoms with Crippen LogP contribution >= 0.6 is 0 Å². The summed E-state index contributed by atoms with van der Waals surface area (Å²) < 4.78 is 7.36. The molecule has 266 valence electrons. The average Bonchev–Trinajstić information content (AvgIpc) is 3.92. The van der Waals surface area contributed by atoms with E-state index in [1.54, 1.807) is 0 Å². The van der Waals surface area contributed by atoms with E-state index in [2.05, 4.69) is 226 Å². The number of hydrogen-bond donors (Lipinski definition) is 0. The van der Waals surface area contributed by atoms with Gasteiger partial charge in [-0.3, -0.25) is 0 Å². The molecule has 3 nitrogen and oxygen atoms in total. The zero-order valence-corrected chi connectivity index (χ0v) is 31.0. The Balaban J connectivity index is 1.21. The third kappa shape index (κ3) is 4.66. The molecule has 57 heavy (non-hydrogen) atoms. The molecule has 0 aliphatic rings. The van der Waals surface area contributed by atoms with Crippen molar-refractivity contribution >= 4 is 65.4 Å². The Morgan fingerprint density at radius 2 is 0.684 bits per heavy atom. The Morgan fingerprint density at radius 3 is 1.30 bits per heavy atom. The van der Waals surface area contributed by atoms with Crippen LogP contribution in [-0.4, -0.2) is 13.7 Å². The standard InChI is InChI=1S/C54H35N3/c1-4-17-36(18-5-1)40-26-16-27-41(37-31-32-43-42-23-10-13-28-46(42)56(51(43)35-37)39-21-8-3-9-22-39)54(40)57-48-30-15-12-25-45(48)53-50(57)34-33-49-52(53)44-24-11-14-29-47(44)55(49)38-19-6-2-7-20-38/h1-35H. The number of nitrogens with zero attached hydrogens (tertiary/aromatic N) is 3. The van der Waals surface area contributed by atoms with Crippen LogP contribution < -0.4 is 0 Å². The van der Waals surface area contributed by atoms with Gasteiger partial charge in [0.2, 0.25) is 0 Å². The average molecular weight is 726 g/mol. The normalized spacial score (nSPS) is 11.9. The molecule has 12 aromatic rings. The number of para-hydroxylation sites is 6. The number of fused-ring (bicyclic) bond motifs is 10. The first-order chi connectivity index (χ1) is 28.3. The highest BCUT2D eigenvalue weighted by atomic mass is 15.0. The highest BCUT2D eigenvalue weighted by Crippen LogP contribution is 2.46. The summed E-state index contributed by atoms with van der Waals surface area (Å²) in [5.41, 5.74) is 15.4. The van der Waals surface area contributed by atoms with E-state index in [9.17, 15) is 0 Å². The smallest absolute Gasteiger partial charge is 0.0618 e. The number of rotatable bonds is 5. The van der Waals surface area contributed by atoms with E-state index in [1.165, 1.54) is 93.4 Å². The lowest BCUT2D eigenvalue weighted by molar-refractivity contribution is 1.17. The van der Waals surface area contributed by atoms with Crippen molar-refractivity contribution < 1.29 is 0 Å². The van der Waals surface area contributed by atoms with Crippen molar-refractivity contribution in [2.24, 2.45) is 0 Å². The molecule has 0 bridgehead atoms. The summed E-state index contributed by atoms with van der Waals surface area (Å²) in [5, 5.41) is 7.52. The molecule has 9 aromatic carbocycles. The molecule has 0 saturated heterocycles. The lowest BCUT2D eigenvalue weighted by Crippen LogP contribution is -2.01. The molecule has 0 spiro atoms. The van der Waals surface area contributed by atoms with Crippen LogP contribution in [0.3, 0.4) is 0 Å². The summed E-state index contributed by atoms with van der Waals surface area (Å²) >= 11 is 0. The van der Waals surface area contributed by atoms with Gasteiger partial charge in [0.15, 0.2) is 0 Å². The molecule has 3 heteroatoms. The Kier molecular flexibility index (Phi) is 6.93. The van der Waals surface area contributed by atoms with Crippen LogP contribution in [0, 0.1) is 0 Å². The van der Waals surface area contributed by atoms with Crippen LogP contribution in [0.5, 0.6) is 0 Å². The van der Waals surface area contributed by atoms with E-state index < -0.39 is 0 Å². The minimum atomic E-state index is 1.15. The summed E-state index contributed by atoms with van der Waals surface area (Å²) in [5.74, 6) is 0. The molecule has 0 amide bonds. The monoisotopic (exact) mass is 725 g/mol. The van der Waals surface area contributed by atoms with Gasteiger partial charge in [-0.05, 0) is 71.8 Å². The van der Waals surface area contributed by atoms with Crippen molar-refractivity contribution in [1.82, 2.24) is 13.7 Å². The van der Waals surface area contributed by atoms with Gasteiger partial charge in [0.25, 0.3) is 0 Å². The number of hydrogen-bond acceptors (Lipinski definition) is 0. The van der Waals surface area contributed by atoms with E-state index in [0.29, 0.717) is 0 Å². The predicted molar refractivity (Wildman–Crippen MR) is 240 cm³/mol. The molecular weight excluding hydrogens is 691 g/mol. The molecule has 0 unspecified atom stereocenters. The third-order valence-corrected chi connectivity index (χ3v) is 11.8. The van der Waals surface area contributed by atoms with Crippen molar-refractivity contribution in [3.63, 3.8) is 0 Å². The molecule has 0 fully saturated rings. The first kappa shape index (κ1) is 31.7. The second-order valence-electron chi connectivity index (χ2n) is 14.9. The van der Waals surface area contributed by atoms with Crippen molar-refractivity contribution in [2.75, 3.05) is 0 Å². The number of benzene rings is 9. The molecule has 0 aliphatic carbocycles. The minimum Gasteiger partial charge on any atom is -0.309 e. The first-order valence-electron chi connectivity index (χ1n) is 19.6. The predicted octanol–water partition coefficient (Wildman–Crippen LogP) is 14.3. The van der Waals surface area contributed by atoms with Gasteiger partial charge in [-0.1, -0.05) is 152 Å². The quantitative estimate of drug-likeness (QED) is 0.168. The van der Waals surface area contributed by atoms with E-state index in [-0.39, 0.29) is 0 Å². The Morgan fingerprint density at radius 1 is 0.246 bits per heavy atom. The second-order valence-corrected chi connectivity index (χ2v) is 14.9. The van der Waals surface area contributed by atoms with Crippen LogP contribution in [0.1, 0.15) is 0 Å². The van der Waals surface area contributed by atoms with Gasteiger partial charge < -0.3 is 13.7 Å². The van der Waals surface area contributed by atoms with Gasteiger partial charge in [0, 0.05) is 54.8 Å². The molecule has 0 saturated carbocycles. The fraction of sp³-hybridized carbons (Fsp3) is 0. The molecule has 0 aliphatic heterocycles. The van der Waals surface area contributed by atoms with Crippen LogP contribution in [0.25, 0.3) is 105 Å². The summed E-state index contributed by atoms with van der Waals surface area (Å²) in [6, 6.07) is 77.4. The third-order valence-electron chi connectivity index (χ3n) is 11.8. The highest BCUT2D eigenvalue weighted by Gasteiger charge is 2.24. The maximum atomic E-state index is 2.54. The molecular formula is C54H35N3. The second kappa shape index (κ2) is 12.5. The van der Waals surface area contributed by atoms with Crippen molar-refractivity contribution in [3.8, 4) is 39.3 Å². The van der Waals surface area contributed by atoms with Crippen LogP contribution in [0.15, 0.2) is 212 Å². The summed E-state index contributed by atoms with van der Waals surface area (Å²) in [6.45, 7) is 0. The zero-order chi connectivity index (χ0) is 37.5. The molecule has 0 radical (unpaired) electrons. The lowest BCUT2D eigenvalue weighted by Gasteiger charge is -2.19. The zero-order valence-electron chi connectivity index (χ0n) is 31.0. The molecule has 12 rings (SSSR count). The molecule has 3 aromatic heterocycles. The Bertz CT molecular complexity index is 3500. The van der Waals surface area contributed by atoms with Gasteiger partial charge in [-0.2, -0.15) is 0 Å². The molecule has 0 atom stereocenters. The van der Waals surface area contributed by atoms with Crippen LogP contribution in [-0.2, 0) is 0 Å².